The highest BCUT2D eigenvalue weighted by molar-refractivity contribution is 5.94. The van der Waals surface area contributed by atoms with E-state index in [1.165, 1.54) is 0 Å². The van der Waals surface area contributed by atoms with E-state index in [1.807, 2.05) is 53.2 Å². The van der Waals surface area contributed by atoms with Crippen molar-refractivity contribution in [2.45, 2.75) is 26.2 Å². The number of rotatable bonds is 8. The zero-order valence-electron chi connectivity index (χ0n) is 17.7. The molecule has 31 heavy (non-hydrogen) atoms. The van der Waals surface area contributed by atoms with Crippen molar-refractivity contribution in [3.05, 3.63) is 78.2 Å². The van der Waals surface area contributed by atoms with Crippen molar-refractivity contribution in [3.63, 3.8) is 0 Å². The van der Waals surface area contributed by atoms with E-state index < -0.39 is 0 Å². The van der Waals surface area contributed by atoms with E-state index in [0.29, 0.717) is 18.7 Å². The molecule has 0 aliphatic rings. The Hall–Kier alpha value is -3.74. The minimum Gasteiger partial charge on any atom is -0.368 e. The summed E-state index contributed by atoms with van der Waals surface area (Å²) in [5, 5.41) is 11.7. The summed E-state index contributed by atoms with van der Waals surface area (Å²) in [6, 6.07) is 19.1. The van der Waals surface area contributed by atoms with Gasteiger partial charge in [-0.3, -0.25) is 4.79 Å². The van der Waals surface area contributed by atoms with Crippen LogP contribution in [-0.2, 0) is 0 Å². The highest BCUT2D eigenvalue weighted by Crippen LogP contribution is 2.26. The number of fused-ring (bicyclic) bond motifs is 1. The molecule has 0 aliphatic heterocycles. The number of anilines is 1. The minimum absolute atomic E-state index is 0.0903. The van der Waals surface area contributed by atoms with E-state index in [2.05, 4.69) is 29.6 Å². The number of nitrogens with one attached hydrogen (secondary N) is 2. The molecule has 0 bridgehead atoms. The molecule has 0 spiro atoms. The monoisotopic (exact) mass is 414 g/mol. The third kappa shape index (κ3) is 4.55. The van der Waals surface area contributed by atoms with Crippen LogP contribution in [0.5, 0.6) is 0 Å². The standard InChI is InChI=1S/C24H26N6O/c1-3-17(2)21-28-22(25-14-15-26-24(31)18-10-6-4-7-11-18)20-16-27-30(23(20)29-21)19-12-8-5-9-13-19/h4-13,16-17H,3,14-15H2,1-2H3,(H,26,31)(H,25,28,29). The summed E-state index contributed by atoms with van der Waals surface area (Å²) in [6.07, 6.45) is 2.73. The van der Waals surface area contributed by atoms with Crippen LogP contribution in [0.3, 0.4) is 0 Å². The van der Waals surface area contributed by atoms with Gasteiger partial charge in [-0.2, -0.15) is 5.10 Å². The molecule has 0 radical (unpaired) electrons. The fraction of sp³-hybridized carbons (Fsp3) is 0.250. The predicted octanol–water partition coefficient (Wildman–Crippen LogP) is 4.17. The summed E-state index contributed by atoms with van der Waals surface area (Å²) in [6.45, 7) is 5.26. The summed E-state index contributed by atoms with van der Waals surface area (Å²) in [5.74, 6) is 1.65. The Labute approximate surface area is 181 Å². The second-order valence-electron chi connectivity index (χ2n) is 7.42. The zero-order valence-corrected chi connectivity index (χ0v) is 17.7. The van der Waals surface area contributed by atoms with E-state index in [0.717, 1.165) is 34.8 Å². The zero-order chi connectivity index (χ0) is 21.6. The van der Waals surface area contributed by atoms with Crippen molar-refractivity contribution >= 4 is 22.8 Å². The Kier molecular flexibility index (Phi) is 6.21. The molecular formula is C24H26N6O. The number of hydrogen-bond donors (Lipinski definition) is 2. The summed E-state index contributed by atoms with van der Waals surface area (Å²) in [5.41, 5.74) is 2.37. The molecule has 4 rings (SSSR count). The average molecular weight is 415 g/mol. The number of carbonyl (C=O) groups is 1. The maximum atomic E-state index is 12.2. The summed E-state index contributed by atoms with van der Waals surface area (Å²) >= 11 is 0. The molecule has 158 valence electrons. The molecule has 2 heterocycles. The second kappa shape index (κ2) is 9.38. The number of carbonyl (C=O) groups excluding carboxylic acids is 1. The first kappa shape index (κ1) is 20.5. The Morgan fingerprint density at radius 2 is 1.71 bits per heavy atom. The third-order valence-electron chi connectivity index (χ3n) is 5.24. The Morgan fingerprint density at radius 1 is 1.00 bits per heavy atom. The maximum absolute atomic E-state index is 12.2. The van der Waals surface area contributed by atoms with Crippen LogP contribution in [0.4, 0.5) is 5.82 Å². The topological polar surface area (TPSA) is 84.7 Å². The van der Waals surface area contributed by atoms with Gasteiger partial charge in [0, 0.05) is 24.6 Å². The van der Waals surface area contributed by atoms with E-state index in [9.17, 15) is 4.79 Å². The first-order valence-electron chi connectivity index (χ1n) is 10.6. The van der Waals surface area contributed by atoms with Crippen LogP contribution >= 0.6 is 0 Å². The molecule has 4 aromatic rings. The van der Waals surface area contributed by atoms with Gasteiger partial charge in [-0.15, -0.1) is 0 Å². The minimum atomic E-state index is -0.0903. The number of para-hydroxylation sites is 1. The van der Waals surface area contributed by atoms with Crippen molar-refractivity contribution in [1.82, 2.24) is 25.1 Å². The Bertz CT molecular complexity index is 1160. The molecular weight excluding hydrogens is 388 g/mol. The van der Waals surface area contributed by atoms with Gasteiger partial charge in [-0.25, -0.2) is 14.6 Å². The van der Waals surface area contributed by atoms with Crippen LogP contribution in [0.2, 0.25) is 0 Å². The van der Waals surface area contributed by atoms with Gasteiger partial charge >= 0.3 is 0 Å². The number of aromatic nitrogens is 4. The smallest absolute Gasteiger partial charge is 0.251 e. The largest absolute Gasteiger partial charge is 0.368 e. The van der Waals surface area contributed by atoms with Gasteiger partial charge in [-0.05, 0) is 30.7 Å². The van der Waals surface area contributed by atoms with Crippen molar-refractivity contribution in [2.75, 3.05) is 18.4 Å². The Balaban J connectivity index is 1.55. The first-order valence-corrected chi connectivity index (χ1v) is 10.6. The number of amides is 1. The van der Waals surface area contributed by atoms with Gasteiger partial charge in [0.25, 0.3) is 5.91 Å². The van der Waals surface area contributed by atoms with Gasteiger partial charge in [-0.1, -0.05) is 50.2 Å². The van der Waals surface area contributed by atoms with Crippen LogP contribution < -0.4 is 10.6 Å². The molecule has 0 aliphatic carbocycles. The summed E-state index contributed by atoms with van der Waals surface area (Å²) in [7, 11) is 0. The maximum Gasteiger partial charge on any atom is 0.251 e. The molecule has 0 fully saturated rings. The highest BCUT2D eigenvalue weighted by Gasteiger charge is 2.16. The fourth-order valence-electron chi connectivity index (χ4n) is 3.27. The van der Waals surface area contributed by atoms with Crippen LogP contribution in [0.15, 0.2) is 66.9 Å². The molecule has 2 N–H and O–H groups in total. The molecule has 1 unspecified atom stereocenters. The summed E-state index contributed by atoms with van der Waals surface area (Å²) < 4.78 is 1.84. The first-order chi connectivity index (χ1) is 15.2. The van der Waals surface area contributed by atoms with Gasteiger partial charge in [0.2, 0.25) is 0 Å². The highest BCUT2D eigenvalue weighted by atomic mass is 16.1. The van der Waals surface area contributed by atoms with Crippen molar-refractivity contribution in [3.8, 4) is 5.69 Å². The van der Waals surface area contributed by atoms with Crippen LogP contribution in [0.25, 0.3) is 16.7 Å². The molecule has 7 heteroatoms. The van der Waals surface area contributed by atoms with Gasteiger partial charge in [0.1, 0.15) is 11.6 Å². The van der Waals surface area contributed by atoms with Crippen LogP contribution in [0, 0.1) is 0 Å². The normalized spacial score (nSPS) is 11.9. The van der Waals surface area contributed by atoms with E-state index >= 15 is 0 Å². The Morgan fingerprint density at radius 3 is 2.42 bits per heavy atom. The van der Waals surface area contributed by atoms with Crippen LogP contribution in [0.1, 0.15) is 42.4 Å². The predicted molar refractivity (Wildman–Crippen MR) is 123 cm³/mol. The molecule has 0 saturated carbocycles. The summed E-state index contributed by atoms with van der Waals surface area (Å²) in [4.78, 5) is 21.8. The molecule has 2 aromatic carbocycles. The molecule has 1 amide bonds. The number of nitrogens with zero attached hydrogens (tertiary/aromatic N) is 4. The van der Waals surface area contributed by atoms with Gasteiger partial charge in [0.15, 0.2) is 5.65 Å². The fourth-order valence-corrected chi connectivity index (χ4v) is 3.27. The lowest BCUT2D eigenvalue weighted by atomic mass is 10.1. The number of benzene rings is 2. The van der Waals surface area contributed by atoms with E-state index in [1.54, 1.807) is 18.3 Å². The molecule has 2 aromatic heterocycles. The lowest BCUT2D eigenvalue weighted by molar-refractivity contribution is 0.0955. The molecule has 7 nitrogen and oxygen atoms in total. The lowest BCUT2D eigenvalue weighted by Gasteiger charge is -2.13. The van der Waals surface area contributed by atoms with Gasteiger partial charge < -0.3 is 10.6 Å². The van der Waals surface area contributed by atoms with Crippen LogP contribution in [-0.4, -0.2) is 38.7 Å². The quantitative estimate of drug-likeness (QED) is 0.423. The molecule has 1 atom stereocenters. The SMILES string of the molecule is CCC(C)c1nc(NCCNC(=O)c2ccccc2)c2cnn(-c3ccccc3)c2n1. The average Bonchev–Trinajstić information content (AvgIpc) is 3.26. The van der Waals surface area contributed by atoms with E-state index in [4.69, 9.17) is 9.97 Å². The van der Waals surface area contributed by atoms with Crippen molar-refractivity contribution in [2.24, 2.45) is 0 Å². The van der Waals surface area contributed by atoms with Crippen molar-refractivity contribution in [1.29, 1.82) is 0 Å². The van der Waals surface area contributed by atoms with E-state index in [-0.39, 0.29) is 11.8 Å². The molecule has 0 saturated heterocycles. The lowest BCUT2D eigenvalue weighted by Crippen LogP contribution is -2.29. The third-order valence-corrected chi connectivity index (χ3v) is 5.24. The van der Waals surface area contributed by atoms with Crippen molar-refractivity contribution < 1.29 is 4.79 Å². The number of hydrogen-bond acceptors (Lipinski definition) is 5. The van der Waals surface area contributed by atoms with Gasteiger partial charge in [0.05, 0.1) is 17.3 Å². The second-order valence-corrected chi connectivity index (χ2v) is 7.42.